The normalized spacial score (nSPS) is 16.5. The summed E-state index contributed by atoms with van der Waals surface area (Å²) in [6.07, 6.45) is 0. The first-order valence-corrected chi connectivity index (χ1v) is 10.9. The van der Waals surface area contributed by atoms with E-state index < -0.39 is 10.0 Å². The fraction of sp³-hybridized carbons (Fsp3) is 0.238. The standard InChI is InChI=1S/C21H21ClN2O3S/c22-17-6-8-18(9-7-17)28(26,27)24-13-11-23(12-14-24)15-20-19-4-2-1-3-16(19)5-10-21(20)25/h1-10,25H,11-15H2. The summed E-state index contributed by atoms with van der Waals surface area (Å²) in [7, 11) is -3.52. The lowest BCUT2D eigenvalue weighted by atomic mass is 10.0. The van der Waals surface area contributed by atoms with Crippen LogP contribution in [0.1, 0.15) is 5.56 Å². The summed E-state index contributed by atoms with van der Waals surface area (Å²) >= 11 is 5.86. The lowest BCUT2D eigenvalue weighted by Crippen LogP contribution is -2.48. The van der Waals surface area contributed by atoms with Gasteiger partial charge in [0.15, 0.2) is 0 Å². The Hall–Kier alpha value is -2.12. The summed E-state index contributed by atoms with van der Waals surface area (Å²) in [6, 6.07) is 17.9. The molecule has 0 bridgehead atoms. The minimum absolute atomic E-state index is 0.261. The molecule has 0 amide bonds. The molecule has 1 saturated heterocycles. The molecular formula is C21H21ClN2O3S. The van der Waals surface area contributed by atoms with E-state index in [1.165, 1.54) is 16.4 Å². The van der Waals surface area contributed by atoms with Crippen LogP contribution in [0.25, 0.3) is 10.8 Å². The topological polar surface area (TPSA) is 60.9 Å². The zero-order chi connectivity index (χ0) is 19.7. The number of aromatic hydroxyl groups is 1. The number of fused-ring (bicyclic) bond motifs is 1. The van der Waals surface area contributed by atoms with Crippen molar-refractivity contribution in [1.82, 2.24) is 9.21 Å². The molecule has 0 unspecified atom stereocenters. The number of phenolic OH excluding ortho intramolecular Hbond substituents is 1. The minimum atomic E-state index is -3.52. The molecule has 4 rings (SSSR count). The van der Waals surface area contributed by atoms with Gasteiger partial charge in [0.2, 0.25) is 10.0 Å². The first-order chi connectivity index (χ1) is 13.4. The second-order valence-electron chi connectivity index (χ2n) is 6.92. The van der Waals surface area contributed by atoms with Crippen molar-refractivity contribution in [3.63, 3.8) is 0 Å². The van der Waals surface area contributed by atoms with Gasteiger partial charge in [0.25, 0.3) is 0 Å². The number of hydrogen-bond acceptors (Lipinski definition) is 4. The van der Waals surface area contributed by atoms with Crippen molar-refractivity contribution in [1.29, 1.82) is 0 Å². The van der Waals surface area contributed by atoms with Crippen LogP contribution in [0.4, 0.5) is 0 Å². The Morgan fingerprint density at radius 3 is 2.29 bits per heavy atom. The maximum absolute atomic E-state index is 12.8. The van der Waals surface area contributed by atoms with Crippen LogP contribution in [-0.4, -0.2) is 48.9 Å². The Morgan fingerprint density at radius 2 is 1.57 bits per heavy atom. The van der Waals surface area contributed by atoms with Gasteiger partial charge in [-0.05, 0) is 41.1 Å². The fourth-order valence-corrected chi connectivity index (χ4v) is 5.15. The summed E-state index contributed by atoms with van der Waals surface area (Å²) in [5.41, 5.74) is 0.882. The van der Waals surface area contributed by atoms with E-state index in [1.54, 1.807) is 18.2 Å². The van der Waals surface area contributed by atoms with E-state index in [0.717, 1.165) is 16.3 Å². The fourth-order valence-electron chi connectivity index (χ4n) is 3.60. The summed E-state index contributed by atoms with van der Waals surface area (Å²) in [5, 5.41) is 13.0. The van der Waals surface area contributed by atoms with Gasteiger partial charge < -0.3 is 5.11 Å². The Kier molecular flexibility index (Phi) is 5.29. The highest BCUT2D eigenvalue weighted by Crippen LogP contribution is 2.29. The van der Waals surface area contributed by atoms with Crippen molar-refractivity contribution in [2.45, 2.75) is 11.4 Å². The Bertz CT molecular complexity index is 1090. The van der Waals surface area contributed by atoms with Crippen LogP contribution in [0.2, 0.25) is 5.02 Å². The highest BCUT2D eigenvalue weighted by molar-refractivity contribution is 7.89. The molecule has 3 aromatic rings. The summed E-state index contributed by atoms with van der Waals surface area (Å²) < 4.78 is 27.1. The van der Waals surface area contributed by atoms with Crippen LogP contribution < -0.4 is 0 Å². The lowest BCUT2D eigenvalue weighted by molar-refractivity contribution is 0.180. The van der Waals surface area contributed by atoms with E-state index in [2.05, 4.69) is 4.90 Å². The molecule has 1 aliphatic rings. The molecule has 146 valence electrons. The van der Waals surface area contributed by atoms with E-state index in [4.69, 9.17) is 11.6 Å². The zero-order valence-corrected chi connectivity index (χ0v) is 16.8. The van der Waals surface area contributed by atoms with Gasteiger partial charge in [-0.1, -0.05) is 41.9 Å². The van der Waals surface area contributed by atoms with Crippen LogP contribution in [0.5, 0.6) is 5.75 Å². The van der Waals surface area contributed by atoms with Crippen molar-refractivity contribution in [3.8, 4) is 5.75 Å². The number of phenols is 1. The Morgan fingerprint density at radius 1 is 0.893 bits per heavy atom. The molecule has 0 spiro atoms. The highest BCUT2D eigenvalue weighted by atomic mass is 35.5. The molecule has 1 fully saturated rings. The SMILES string of the molecule is O=S(=O)(c1ccc(Cl)cc1)N1CCN(Cc2c(O)ccc3ccccc23)CC1. The van der Waals surface area contributed by atoms with Gasteiger partial charge in [-0.2, -0.15) is 4.31 Å². The zero-order valence-electron chi connectivity index (χ0n) is 15.3. The maximum Gasteiger partial charge on any atom is 0.243 e. The van der Waals surface area contributed by atoms with Gasteiger partial charge in [0.05, 0.1) is 4.90 Å². The minimum Gasteiger partial charge on any atom is -0.508 e. The highest BCUT2D eigenvalue weighted by Gasteiger charge is 2.28. The quantitative estimate of drug-likeness (QED) is 0.704. The molecular weight excluding hydrogens is 396 g/mol. The number of rotatable bonds is 4. The van der Waals surface area contributed by atoms with E-state index >= 15 is 0 Å². The average Bonchev–Trinajstić information content (AvgIpc) is 2.71. The average molecular weight is 417 g/mol. The van der Waals surface area contributed by atoms with Crippen LogP contribution >= 0.6 is 11.6 Å². The Balaban J connectivity index is 1.48. The Labute approximate surface area is 169 Å². The monoisotopic (exact) mass is 416 g/mol. The van der Waals surface area contributed by atoms with Crippen molar-refractivity contribution >= 4 is 32.4 Å². The van der Waals surface area contributed by atoms with Crippen LogP contribution in [0.3, 0.4) is 0 Å². The van der Waals surface area contributed by atoms with Gasteiger partial charge in [0, 0.05) is 43.3 Å². The number of piperazine rings is 1. The molecule has 1 heterocycles. The number of hydrogen-bond donors (Lipinski definition) is 1. The molecule has 3 aromatic carbocycles. The lowest BCUT2D eigenvalue weighted by Gasteiger charge is -2.34. The number of sulfonamides is 1. The maximum atomic E-state index is 12.8. The smallest absolute Gasteiger partial charge is 0.243 e. The molecule has 28 heavy (non-hydrogen) atoms. The molecule has 0 aromatic heterocycles. The van der Waals surface area contributed by atoms with E-state index in [9.17, 15) is 13.5 Å². The molecule has 0 radical (unpaired) electrons. The molecule has 0 saturated carbocycles. The van der Waals surface area contributed by atoms with Gasteiger partial charge in [0.1, 0.15) is 5.75 Å². The summed E-state index contributed by atoms with van der Waals surface area (Å²) in [6.45, 7) is 2.62. The van der Waals surface area contributed by atoms with Gasteiger partial charge in [-0.25, -0.2) is 8.42 Å². The predicted octanol–water partition coefficient (Wildman–Crippen LogP) is 3.71. The third-order valence-electron chi connectivity index (χ3n) is 5.18. The second-order valence-corrected chi connectivity index (χ2v) is 9.29. The van der Waals surface area contributed by atoms with Crippen molar-refractivity contribution in [2.24, 2.45) is 0 Å². The van der Waals surface area contributed by atoms with Crippen LogP contribution in [-0.2, 0) is 16.6 Å². The van der Waals surface area contributed by atoms with E-state index in [-0.39, 0.29) is 10.6 Å². The third kappa shape index (κ3) is 3.73. The van der Waals surface area contributed by atoms with Crippen molar-refractivity contribution in [2.75, 3.05) is 26.2 Å². The molecule has 7 heteroatoms. The third-order valence-corrected chi connectivity index (χ3v) is 7.35. The predicted molar refractivity (Wildman–Crippen MR) is 111 cm³/mol. The van der Waals surface area contributed by atoms with Gasteiger partial charge in [-0.15, -0.1) is 0 Å². The molecule has 1 aliphatic heterocycles. The van der Waals surface area contributed by atoms with Gasteiger partial charge >= 0.3 is 0 Å². The van der Waals surface area contributed by atoms with Crippen molar-refractivity contribution in [3.05, 3.63) is 71.2 Å². The molecule has 0 aliphatic carbocycles. The van der Waals surface area contributed by atoms with E-state index in [0.29, 0.717) is 37.7 Å². The largest absolute Gasteiger partial charge is 0.508 e. The second kappa shape index (κ2) is 7.72. The van der Waals surface area contributed by atoms with Crippen molar-refractivity contribution < 1.29 is 13.5 Å². The van der Waals surface area contributed by atoms with Gasteiger partial charge in [-0.3, -0.25) is 4.90 Å². The number of nitrogens with zero attached hydrogens (tertiary/aromatic N) is 2. The first-order valence-electron chi connectivity index (χ1n) is 9.13. The number of benzene rings is 3. The number of halogens is 1. The first kappa shape index (κ1) is 19.2. The van der Waals surface area contributed by atoms with Crippen LogP contribution in [0, 0.1) is 0 Å². The summed E-state index contributed by atoms with van der Waals surface area (Å²) in [4.78, 5) is 2.44. The molecule has 1 N–H and O–H groups in total. The summed E-state index contributed by atoms with van der Waals surface area (Å²) in [5.74, 6) is 0.273. The molecule has 0 atom stereocenters. The van der Waals surface area contributed by atoms with Crippen LogP contribution in [0.15, 0.2) is 65.6 Å². The van der Waals surface area contributed by atoms with E-state index in [1.807, 2.05) is 30.3 Å². The molecule has 5 nitrogen and oxygen atoms in total.